The largest absolute Gasteiger partial charge is 0.494 e. The Morgan fingerprint density at radius 2 is 1.56 bits per heavy atom. The molecule has 0 spiro atoms. The smallest absolute Gasteiger partial charge is 0.229 e. The first-order chi connectivity index (χ1) is 25.5. The van der Waals surface area contributed by atoms with Gasteiger partial charge in [-0.2, -0.15) is 4.98 Å². The molecular weight excluding hydrogens is 651 g/mol. The minimum atomic E-state index is 0.366. The number of aryl methyl sites for hydroxylation is 1. The summed E-state index contributed by atoms with van der Waals surface area (Å²) in [5.41, 5.74) is 6.80. The molecule has 2 fully saturated rings. The normalized spacial score (nSPS) is 15.6. The molecule has 0 saturated carbocycles. The van der Waals surface area contributed by atoms with Crippen LogP contribution in [0.15, 0.2) is 97.2 Å². The van der Waals surface area contributed by atoms with E-state index in [0.717, 1.165) is 90.6 Å². The van der Waals surface area contributed by atoms with Gasteiger partial charge < -0.3 is 29.9 Å². The lowest BCUT2D eigenvalue weighted by atomic mass is 9.98. The molecule has 0 bridgehead atoms. The maximum atomic E-state index is 12.3. The summed E-state index contributed by atoms with van der Waals surface area (Å²) in [5, 5.41) is 6.88. The molecule has 2 aliphatic rings. The number of methoxy groups -OCH3 is 1. The predicted octanol–water partition coefficient (Wildman–Crippen LogP) is 7.56. The summed E-state index contributed by atoms with van der Waals surface area (Å²) in [7, 11) is 3.90. The summed E-state index contributed by atoms with van der Waals surface area (Å²) in [6.45, 7) is 9.05. The number of aldehydes is 1. The number of anilines is 5. The Morgan fingerprint density at radius 1 is 0.827 bits per heavy atom. The van der Waals surface area contributed by atoms with E-state index in [9.17, 15) is 4.79 Å². The van der Waals surface area contributed by atoms with Crippen molar-refractivity contribution < 1.29 is 14.3 Å². The topological polar surface area (TPSA) is 95.1 Å². The molecule has 2 N–H and O–H groups in total. The molecule has 5 aromatic rings. The molecule has 4 aromatic carbocycles. The molecule has 268 valence electrons. The number of aromatic nitrogens is 2. The number of piperidine rings is 1. The molecule has 2 saturated heterocycles. The van der Waals surface area contributed by atoms with Crippen LogP contribution >= 0.6 is 0 Å². The number of nitrogens with zero attached hydrogens (tertiary/aromatic N) is 5. The van der Waals surface area contributed by atoms with Crippen LogP contribution in [-0.2, 0) is 6.61 Å². The molecule has 3 heterocycles. The molecule has 0 atom stereocenters. The Kier molecular flexibility index (Phi) is 10.9. The van der Waals surface area contributed by atoms with Crippen LogP contribution in [0.1, 0.15) is 34.3 Å². The lowest BCUT2D eigenvalue weighted by Gasteiger charge is -2.42. The molecule has 7 rings (SSSR count). The van der Waals surface area contributed by atoms with Gasteiger partial charge in [0.2, 0.25) is 5.95 Å². The van der Waals surface area contributed by atoms with Crippen molar-refractivity contribution in [3.63, 3.8) is 0 Å². The van der Waals surface area contributed by atoms with Crippen LogP contribution in [-0.4, -0.2) is 85.5 Å². The van der Waals surface area contributed by atoms with Gasteiger partial charge in [0.25, 0.3) is 0 Å². The molecule has 0 aliphatic carbocycles. The zero-order valence-electron chi connectivity index (χ0n) is 30.2. The van der Waals surface area contributed by atoms with E-state index in [2.05, 4.69) is 44.5 Å². The van der Waals surface area contributed by atoms with Crippen molar-refractivity contribution in [2.45, 2.75) is 32.4 Å². The number of likely N-dealkylation sites (N-methyl/N-ethyl adjacent to an activating group) is 1. The third-order valence-electron chi connectivity index (χ3n) is 10.2. The van der Waals surface area contributed by atoms with Gasteiger partial charge in [0.15, 0.2) is 6.29 Å². The Balaban J connectivity index is 1.11. The monoisotopic (exact) mass is 697 g/mol. The van der Waals surface area contributed by atoms with E-state index in [4.69, 9.17) is 19.4 Å². The molecule has 0 amide bonds. The third kappa shape index (κ3) is 8.19. The highest BCUT2D eigenvalue weighted by Crippen LogP contribution is 2.37. The van der Waals surface area contributed by atoms with Crippen LogP contribution < -0.4 is 25.0 Å². The maximum Gasteiger partial charge on any atom is 0.229 e. The highest BCUT2D eigenvalue weighted by atomic mass is 16.5. The van der Waals surface area contributed by atoms with Crippen molar-refractivity contribution in [2.24, 2.45) is 0 Å². The van der Waals surface area contributed by atoms with Gasteiger partial charge in [-0.1, -0.05) is 48.5 Å². The van der Waals surface area contributed by atoms with E-state index in [-0.39, 0.29) is 0 Å². The van der Waals surface area contributed by atoms with Crippen LogP contribution in [0.4, 0.5) is 28.8 Å². The molecular formula is C42H47N7O3. The molecule has 0 radical (unpaired) electrons. The molecule has 10 nitrogen and oxygen atoms in total. The van der Waals surface area contributed by atoms with Gasteiger partial charge in [-0.25, -0.2) is 4.98 Å². The number of hydrogen-bond acceptors (Lipinski definition) is 10. The highest BCUT2D eigenvalue weighted by molar-refractivity contribution is 5.87. The summed E-state index contributed by atoms with van der Waals surface area (Å²) in [6.07, 6.45) is 4.95. The number of benzene rings is 4. The predicted molar refractivity (Wildman–Crippen MR) is 209 cm³/mol. The number of nitrogens with one attached hydrogen (secondary N) is 2. The Hall–Kier alpha value is -5.45. The SMILES string of the molecule is COc1cc(N2CCC(N3CCN(C)CC3)CC2)ccc1Nc1ncc(-c2cc(C=O)c(OCc3ccccc3)cc2C)c(Nc2ccccc2)n1. The summed E-state index contributed by atoms with van der Waals surface area (Å²) >= 11 is 0. The van der Waals surface area contributed by atoms with Crippen LogP contribution in [0.25, 0.3) is 11.1 Å². The Morgan fingerprint density at radius 3 is 2.27 bits per heavy atom. The third-order valence-corrected chi connectivity index (χ3v) is 10.2. The number of rotatable bonds is 12. The van der Waals surface area contributed by atoms with Crippen molar-refractivity contribution >= 4 is 35.1 Å². The molecule has 0 unspecified atom stereocenters. The number of carbonyl (C=O) groups is 1. The first-order valence-corrected chi connectivity index (χ1v) is 18.1. The van der Waals surface area contributed by atoms with E-state index in [0.29, 0.717) is 35.7 Å². The first kappa shape index (κ1) is 35.0. The van der Waals surface area contributed by atoms with Crippen molar-refractivity contribution in [3.8, 4) is 22.6 Å². The Bertz CT molecular complexity index is 1960. The summed E-state index contributed by atoms with van der Waals surface area (Å²) < 4.78 is 12.0. The average Bonchev–Trinajstić information content (AvgIpc) is 3.19. The van der Waals surface area contributed by atoms with Gasteiger partial charge in [0.1, 0.15) is 23.9 Å². The van der Waals surface area contributed by atoms with Crippen LogP contribution in [0.2, 0.25) is 0 Å². The minimum Gasteiger partial charge on any atom is -0.494 e. The number of piperazine rings is 1. The Labute approximate surface area is 306 Å². The zero-order valence-corrected chi connectivity index (χ0v) is 30.2. The minimum absolute atomic E-state index is 0.366. The van der Waals surface area contributed by atoms with E-state index >= 15 is 0 Å². The fraction of sp³-hybridized carbons (Fsp3) is 0.310. The number of para-hydroxylation sites is 1. The van der Waals surface area contributed by atoms with Crippen LogP contribution in [0, 0.1) is 6.92 Å². The van der Waals surface area contributed by atoms with E-state index in [1.807, 2.05) is 85.8 Å². The van der Waals surface area contributed by atoms with Crippen molar-refractivity contribution in [1.82, 2.24) is 19.8 Å². The molecule has 2 aliphatic heterocycles. The fourth-order valence-electron chi connectivity index (χ4n) is 7.11. The average molecular weight is 698 g/mol. The van der Waals surface area contributed by atoms with Gasteiger partial charge in [0.05, 0.1) is 18.4 Å². The second-order valence-electron chi connectivity index (χ2n) is 13.6. The van der Waals surface area contributed by atoms with E-state index < -0.39 is 0 Å². The number of carbonyl (C=O) groups excluding carboxylic acids is 1. The summed E-state index contributed by atoms with van der Waals surface area (Å²) in [6, 6.07) is 30.5. The van der Waals surface area contributed by atoms with Gasteiger partial charge in [-0.05, 0) is 79.9 Å². The lowest BCUT2D eigenvalue weighted by Crippen LogP contribution is -2.52. The van der Waals surface area contributed by atoms with Crippen LogP contribution in [0.5, 0.6) is 11.5 Å². The summed E-state index contributed by atoms with van der Waals surface area (Å²) in [4.78, 5) is 29.5. The van der Waals surface area contributed by atoms with Crippen LogP contribution in [0.3, 0.4) is 0 Å². The molecule has 10 heteroatoms. The van der Waals surface area contributed by atoms with E-state index in [1.165, 1.54) is 12.8 Å². The highest BCUT2D eigenvalue weighted by Gasteiger charge is 2.27. The first-order valence-electron chi connectivity index (χ1n) is 18.1. The number of hydrogen-bond donors (Lipinski definition) is 2. The summed E-state index contributed by atoms with van der Waals surface area (Å²) in [5.74, 6) is 2.27. The van der Waals surface area contributed by atoms with Gasteiger partial charge >= 0.3 is 0 Å². The zero-order chi connectivity index (χ0) is 35.9. The van der Waals surface area contributed by atoms with Gasteiger partial charge in [-0.15, -0.1) is 0 Å². The maximum absolute atomic E-state index is 12.3. The van der Waals surface area contributed by atoms with Crippen molar-refractivity contribution in [2.75, 3.05) is 69.0 Å². The second kappa shape index (κ2) is 16.3. The quantitative estimate of drug-likeness (QED) is 0.127. The van der Waals surface area contributed by atoms with E-state index in [1.54, 1.807) is 13.3 Å². The standard InChI is InChI=1S/C42H47N7O3/c1-30-24-39(52-29-31-10-6-4-7-11-31)32(28-50)25-36(30)37-27-43-42(46-41(37)44-33-12-8-5-9-13-33)45-38-15-14-35(26-40(38)51-3)48-18-16-34(17-19-48)49-22-20-47(2)21-23-49/h4-15,24-28,34H,16-23,29H2,1-3H3,(H2,43,44,45,46). The van der Waals surface area contributed by atoms with Crippen molar-refractivity contribution in [3.05, 3.63) is 114 Å². The van der Waals surface area contributed by atoms with Crippen molar-refractivity contribution in [1.29, 1.82) is 0 Å². The number of ether oxygens (including phenoxy) is 2. The van der Waals surface area contributed by atoms with Gasteiger partial charge in [0, 0.05) is 74.5 Å². The van der Waals surface area contributed by atoms with Gasteiger partial charge in [-0.3, -0.25) is 9.69 Å². The molecule has 1 aromatic heterocycles. The second-order valence-corrected chi connectivity index (χ2v) is 13.6. The lowest BCUT2D eigenvalue weighted by molar-refractivity contribution is 0.0982. The fourth-order valence-corrected chi connectivity index (χ4v) is 7.11. The molecule has 52 heavy (non-hydrogen) atoms.